The smallest absolute Gasteiger partial charge is 0.328 e. The molecule has 0 spiro atoms. The fourth-order valence-electron chi connectivity index (χ4n) is 1.89. The summed E-state index contributed by atoms with van der Waals surface area (Å²) in [5.41, 5.74) is 0. The number of amides is 2. The number of carboxylic acid groups (broad SMARTS) is 1. The number of carbonyl (C=O) groups is 3. The molecule has 1 fully saturated rings. The number of halogens is 1. The second-order valence-electron chi connectivity index (χ2n) is 4.30. The number of aliphatic carboxylic acids is 1. The molecule has 0 saturated carbocycles. The summed E-state index contributed by atoms with van der Waals surface area (Å²) in [6, 6.07) is 1.98. The van der Waals surface area contributed by atoms with Gasteiger partial charge in [-0.3, -0.25) is 9.59 Å². The Hall–Kier alpha value is -1.87. The quantitative estimate of drug-likeness (QED) is 0.787. The second-order valence-corrected chi connectivity index (χ2v) is 5.08. The van der Waals surface area contributed by atoms with Gasteiger partial charge in [0.25, 0.3) is 5.91 Å². The van der Waals surface area contributed by atoms with Crippen LogP contribution in [0.3, 0.4) is 0 Å². The Morgan fingerprint density at radius 1 is 1.43 bits per heavy atom. The lowest BCUT2D eigenvalue weighted by Gasteiger charge is -2.32. The fourth-order valence-corrected chi connectivity index (χ4v) is 2.19. The minimum Gasteiger partial charge on any atom is -0.480 e. The second kappa shape index (κ2) is 6.72. The first-order valence-corrected chi connectivity index (χ1v) is 6.92. The number of ether oxygens (including phenoxy) is 1. The van der Waals surface area contributed by atoms with Gasteiger partial charge in [-0.25, -0.2) is 4.79 Å². The standard InChI is InChI=1S/C12H13BrN2O6/c13-9-2-1-8(21-9)11(17)14-5-10(16)15-3-4-20-6-7(15)12(18)19/h1-2,7H,3-6H2,(H,14,17)(H,18,19). The van der Waals surface area contributed by atoms with Crippen molar-refractivity contribution < 1.29 is 28.6 Å². The zero-order valence-corrected chi connectivity index (χ0v) is 12.5. The van der Waals surface area contributed by atoms with Crippen LogP contribution in [0.2, 0.25) is 0 Å². The fraction of sp³-hybridized carbons (Fsp3) is 0.417. The van der Waals surface area contributed by atoms with E-state index in [0.29, 0.717) is 4.67 Å². The van der Waals surface area contributed by atoms with Gasteiger partial charge in [0.1, 0.15) is 0 Å². The summed E-state index contributed by atoms with van der Waals surface area (Å²) >= 11 is 3.07. The van der Waals surface area contributed by atoms with E-state index in [1.807, 2.05) is 0 Å². The number of furan rings is 1. The molecule has 1 aliphatic heterocycles. The summed E-state index contributed by atoms with van der Waals surface area (Å²) in [5.74, 6) is -2.10. The number of hydrogen-bond donors (Lipinski definition) is 2. The number of nitrogens with one attached hydrogen (secondary N) is 1. The highest BCUT2D eigenvalue weighted by Crippen LogP contribution is 2.13. The van der Waals surface area contributed by atoms with E-state index >= 15 is 0 Å². The minimum atomic E-state index is -1.13. The molecule has 1 saturated heterocycles. The molecule has 2 amide bonds. The van der Waals surface area contributed by atoms with E-state index in [1.165, 1.54) is 11.0 Å². The largest absolute Gasteiger partial charge is 0.480 e. The first-order valence-electron chi connectivity index (χ1n) is 6.12. The van der Waals surface area contributed by atoms with Crippen molar-refractivity contribution in [2.75, 3.05) is 26.3 Å². The predicted octanol–water partition coefficient (Wildman–Crippen LogP) is 0.0839. The molecule has 0 radical (unpaired) electrons. The van der Waals surface area contributed by atoms with Gasteiger partial charge in [0.2, 0.25) is 5.91 Å². The zero-order chi connectivity index (χ0) is 15.4. The Morgan fingerprint density at radius 3 is 2.81 bits per heavy atom. The van der Waals surface area contributed by atoms with Gasteiger partial charge in [0.15, 0.2) is 16.5 Å². The lowest BCUT2D eigenvalue weighted by Crippen LogP contribution is -2.54. The lowest BCUT2D eigenvalue weighted by molar-refractivity contribution is -0.157. The van der Waals surface area contributed by atoms with Crippen molar-refractivity contribution in [3.05, 3.63) is 22.6 Å². The Balaban J connectivity index is 1.91. The van der Waals surface area contributed by atoms with Gasteiger partial charge in [0.05, 0.1) is 19.8 Å². The molecular formula is C12H13BrN2O6. The number of carbonyl (C=O) groups excluding carboxylic acids is 2. The van der Waals surface area contributed by atoms with Gasteiger partial charge in [-0.2, -0.15) is 0 Å². The molecule has 2 heterocycles. The van der Waals surface area contributed by atoms with Crippen LogP contribution in [0.1, 0.15) is 10.6 Å². The molecule has 0 aromatic carbocycles. The number of nitrogens with zero attached hydrogens (tertiary/aromatic N) is 1. The average Bonchev–Trinajstić information content (AvgIpc) is 2.91. The summed E-state index contributed by atoms with van der Waals surface area (Å²) in [6.07, 6.45) is 0. The van der Waals surface area contributed by atoms with E-state index in [9.17, 15) is 14.4 Å². The highest BCUT2D eigenvalue weighted by atomic mass is 79.9. The highest BCUT2D eigenvalue weighted by molar-refractivity contribution is 9.10. The molecule has 114 valence electrons. The van der Waals surface area contributed by atoms with Gasteiger partial charge in [-0.15, -0.1) is 0 Å². The SMILES string of the molecule is O=C(NCC(=O)N1CCOCC1C(=O)O)c1ccc(Br)o1. The van der Waals surface area contributed by atoms with Crippen molar-refractivity contribution in [2.45, 2.75) is 6.04 Å². The summed E-state index contributed by atoms with van der Waals surface area (Å²) < 4.78 is 10.5. The molecule has 1 aromatic heterocycles. The Morgan fingerprint density at radius 2 is 2.19 bits per heavy atom. The van der Waals surface area contributed by atoms with Crippen molar-refractivity contribution in [2.24, 2.45) is 0 Å². The third-order valence-electron chi connectivity index (χ3n) is 2.93. The van der Waals surface area contributed by atoms with Crippen LogP contribution < -0.4 is 5.32 Å². The van der Waals surface area contributed by atoms with Crippen molar-refractivity contribution in [1.29, 1.82) is 0 Å². The van der Waals surface area contributed by atoms with Crippen LogP contribution in [0.15, 0.2) is 21.2 Å². The lowest BCUT2D eigenvalue weighted by atomic mass is 10.2. The van der Waals surface area contributed by atoms with Crippen molar-refractivity contribution in [3.8, 4) is 0 Å². The normalized spacial score (nSPS) is 18.3. The maximum Gasteiger partial charge on any atom is 0.328 e. The Labute approximate surface area is 128 Å². The van der Waals surface area contributed by atoms with E-state index in [0.717, 1.165) is 0 Å². The monoisotopic (exact) mass is 360 g/mol. The van der Waals surface area contributed by atoms with E-state index in [2.05, 4.69) is 21.2 Å². The maximum atomic E-state index is 12.0. The van der Waals surface area contributed by atoms with Crippen molar-refractivity contribution in [3.63, 3.8) is 0 Å². The topological polar surface area (TPSA) is 109 Å². The average molecular weight is 361 g/mol. The van der Waals surface area contributed by atoms with Crippen molar-refractivity contribution in [1.82, 2.24) is 10.2 Å². The maximum absolute atomic E-state index is 12.0. The van der Waals surface area contributed by atoms with Crippen LogP contribution in [-0.4, -0.2) is 60.1 Å². The third-order valence-corrected chi connectivity index (χ3v) is 3.36. The van der Waals surface area contributed by atoms with Crippen LogP contribution in [0.25, 0.3) is 0 Å². The van der Waals surface area contributed by atoms with Crippen LogP contribution in [0, 0.1) is 0 Å². The molecule has 1 unspecified atom stereocenters. The molecule has 2 N–H and O–H groups in total. The van der Waals surface area contributed by atoms with Gasteiger partial charge in [-0.1, -0.05) is 0 Å². The molecule has 9 heteroatoms. The molecule has 1 aliphatic rings. The first-order chi connectivity index (χ1) is 9.99. The Kier molecular flexibility index (Phi) is 4.97. The van der Waals surface area contributed by atoms with E-state index in [1.54, 1.807) is 6.07 Å². The first kappa shape index (κ1) is 15.5. The minimum absolute atomic E-state index is 0.0554. The summed E-state index contributed by atoms with van der Waals surface area (Å²) in [7, 11) is 0. The van der Waals surface area contributed by atoms with Crippen LogP contribution in [0.4, 0.5) is 0 Å². The summed E-state index contributed by atoms with van der Waals surface area (Å²) in [5, 5.41) is 11.4. The van der Waals surface area contributed by atoms with Gasteiger partial charge in [-0.05, 0) is 28.1 Å². The molecule has 0 bridgehead atoms. The molecule has 1 atom stereocenters. The van der Waals surface area contributed by atoms with Crippen molar-refractivity contribution >= 4 is 33.7 Å². The predicted molar refractivity (Wildman–Crippen MR) is 72.7 cm³/mol. The number of carboxylic acids is 1. The Bertz CT molecular complexity index is 558. The van der Waals surface area contributed by atoms with E-state index in [4.69, 9.17) is 14.3 Å². The molecule has 1 aromatic rings. The van der Waals surface area contributed by atoms with E-state index in [-0.39, 0.29) is 32.1 Å². The molecule has 0 aliphatic carbocycles. The van der Waals surface area contributed by atoms with Crippen LogP contribution >= 0.6 is 15.9 Å². The summed E-state index contributed by atoms with van der Waals surface area (Å²) in [6.45, 7) is 0.0909. The van der Waals surface area contributed by atoms with Crippen LogP contribution in [0.5, 0.6) is 0 Å². The van der Waals surface area contributed by atoms with Gasteiger partial charge < -0.3 is 24.5 Å². The molecular weight excluding hydrogens is 348 g/mol. The van der Waals surface area contributed by atoms with Crippen LogP contribution in [-0.2, 0) is 14.3 Å². The third kappa shape index (κ3) is 3.82. The van der Waals surface area contributed by atoms with Gasteiger partial charge in [0, 0.05) is 6.54 Å². The molecule has 8 nitrogen and oxygen atoms in total. The number of rotatable bonds is 4. The molecule has 21 heavy (non-hydrogen) atoms. The highest BCUT2D eigenvalue weighted by Gasteiger charge is 2.32. The van der Waals surface area contributed by atoms with Gasteiger partial charge >= 0.3 is 5.97 Å². The zero-order valence-electron chi connectivity index (χ0n) is 10.9. The summed E-state index contributed by atoms with van der Waals surface area (Å²) in [4.78, 5) is 36.0. The van der Waals surface area contributed by atoms with E-state index < -0.39 is 23.8 Å². The number of morpholine rings is 1. The number of hydrogen-bond acceptors (Lipinski definition) is 5. The molecule has 2 rings (SSSR count).